The quantitative estimate of drug-likeness (QED) is 0.886. The third-order valence-electron chi connectivity index (χ3n) is 4.43. The summed E-state index contributed by atoms with van der Waals surface area (Å²) >= 11 is 0. The number of hydrogen-bond donors (Lipinski definition) is 1. The van der Waals surface area contributed by atoms with E-state index in [0.717, 1.165) is 30.6 Å². The summed E-state index contributed by atoms with van der Waals surface area (Å²) in [4.78, 5) is 14.4. The lowest BCUT2D eigenvalue weighted by molar-refractivity contribution is -0.120. The van der Waals surface area contributed by atoms with Gasteiger partial charge in [0.25, 0.3) is 0 Å². The molecule has 3 nitrogen and oxygen atoms in total. The van der Waals surface area contributed by atoms with Gasteiger partial charge >= 0.3 is 0 Å². The van der Waals surface area contributed by atoms with Gasteiger partial charge in [0.1, 0.15) is 0 Å². The first kappa shape index (κ1) is 12.7. The van der Waals surface area contributed by atoms with E-state index in [4.69, 9.17) is 0 Å². The van der Waals surface area contributed by atoms with Gasteiger partial charge in [-0.05, 0) is 37.7 Å². The minimum atomic E-state index is -0.433. The summed E-state index contributed by atoms with van der Waals surface area (Å²) in [6.45, 7) is 0.736. The first-order chi connectivity index (χ1) is 9.25. The number of nitrogens with zero attached hydrogens (tertiary/aromatic N) is 1. The summed E-state index contributed by atoms with van der Waals surface area (Å²) in [7, 11) is 0. The number of aliphatic hydroxyl groups excluding tert-OH is 1. The molecule has 3 rings (SSSR count). The van der Waals surface area contributed by atoms with Gasteiger partial charge in [-0.2, -0.15) is 0 Å². The molecule has 1 saturated carbocycles. The standard InChI is InChI=1S/C16H21NO2/c18-15-9-4-10-17(14-8-2-1-7-13(14)15)16(19)11-12-5-3-6-12/h1-2,7-8,12,15,18H,3-6,9-11H2. The highest BCUT2D eigenvalue weighted by Crippen LogP contribution is 2.35. The van der Waals surface area contributed by atoms with Crippen molar-refractivity contribution in [2.24, 2.45) is 5.92 Å². The minimum absolute atomic E-state index is 0.228. The number of para-hydroxylation sites is 1. The van der Waals surface area contributed by atoms with Gasteiger partial charge in [-0.25, -0.2) is 0 Å². The van der Waals surface area contributed by atoms with Crippen molar-refractivity contribution >= 4 is 11.6 Å². The highest BCUT2D eigenvalue weighted by atomic mass is 16.3. The van der Waals surface area contributed by atoms with Gasteiger partial charge in [0.2, 0.25) is 5.91 Å². The number of carbonyl (C=O) groups is 1. The minimum Gasteiger partial charge on any atom is -0.388 e. The van der Waals surface area contributed by atoms with E-state index in [0.29, 0.717) is 12.3 Å². The summed E-state index contributed by atoms with van der Waals surface area (Å²) in [5, 5.41) is 10.1. The van der Waals surface area contributed by atoms with Gasteiger partial charge in [-0.3, -0.25) is 4.79 Å². The highest BCUT2D eigenvalue weighted by molar-refractivity contribution is 5.94. The molecule has 0 spiro atoms. The average molecular weight is 259 g/mol. The topological polar surface area (TPSA) is 40.5 Å². The number of anilines is 1. The summed E-state index contributed by atoms with van der Waals surface area (Å²) in [5.41, 5.74) is 1.82. The fourth-order valence-electron chi connectivity index (χ4n) is 3.05. The van der Waals surface area contributed by atoms with Crippen LogP contribution in [0.5, 0.6) is 0 Å². The van der Waals surface area contributed by atoms with Crippen LogP contribution in [0.25, 0.3) is 0 Å². The smallest absolute Gasteiger partial charge is 0.227 e. The molecule has 1 fully saturated rings. The SMILES string of the molecule is O=C(CC1CCC1)N1CCCC(O)c2ccccc21. The highest BCUT2D eigenvalue weighted by Gasteiger charge is 2.28. The second-order valence-corrected chi connectivity index (χ2v) is 5.76. The van der Waals surface area contributed by atoms with Crippen molar-refractivity contribution in [3.8, 4) is 0 Å². The lowest BCUT2D eigenvalue weighted by Crippen LogP contribution is -2.34. The predicted molar refractivity (Wildman–Crippen MR) is 74.9 cm³/mol. The van der Waals surface area contributed by atoms with Crippen molar-refractivity contribution in [2.45, 2.75) is 44.6 Å². The van der Waals surface area contributed by atoms with Crippen LogP contribution in [0.15, 0.2) is 24.3 Å². The molecule has 1 atom stereocenters. The van der Waals surface area contributed by atoms with Crippen molar-refractivity contribution in [3.05, 3.63) is 29.8 Å². The lowest BCUT2D eigenvalue weighted by atomic mass is 9.82. The maximum Gasteiger partial charge on any atom is 0.227 e. The van der Waals surface area contributed by atoms with Crippen molar-refractivity contribution < 1.29 is 9.90 Å². The van der Waals surface area contributed by atoms with Crippen LogP contribution >= 0.6 is 0 Å². The Morgan fingerprint density at radius 3 is 2.74 bits per heavy atom. The van der Waals surface area contributed by atoms with Crippen molar-refractivity contribution in [1.29, 1.82) is 0 Å². The Balaban J connectivity index is 1.83. The second-order valence-electron chi connectivity index (χ2n) is 5.76. The van der Waals surface area contributed by atoms with E-state index in [-0.39, 0.29) is 5.91 Å². The van der Waals surface area contributed by atoms with Gasteiger partial charge < -0.3 is 10.0 Å². The van der Waals surface area contributed by atoms with E-state index < -0.39 is 6.10 Å². The fourth-order valence-corrected chi connectivity index (χ4v) is 3.05. The molecule has 3 heteroatoms. The van der Waals surface area contributed by atoms with Gasteiger partial charge in [0, 0.05) is 24.2 Å². The predicted octanol–water partition coefficient (Wildman–Crippen LogP) is 3.04. The first-order valence-corrected chi connectivity index (χ1v) is 7.33. The molecule has 1 aliphatic carbocycles. The number of fused-ring (bicyclic) bond motifs is 1. The molecule has 1 amide bonds. The number of amides is 1. The zero-order valence-electron chi connectivity index (χ0n) is 11.2. The third kappa shape index (κ3) is 2.52. The Kier molecular flexibility index (Phi) is 3.56. The molecule has 0 aromatic heterocycles. The van der Waals surface area contributed by atoms with Crippen LogP contribution in [0.3, 0.4) is 0 Å². The molecule has 1 aromatic carbocycles. The van der Waals surface area contributed by atoms with Crippen molar-refractivity contribution in [1.82, 2.24) is 0 Å². The lowest BCUT2D eigenvalue weighted by Gasteiger charge is -2.29. The molecule has 0 radical (unpaired) electrons. The second kappa shape index (κ2) is 5.33. The van der Waals surface area contributed by atoms with Gasteiger partial charge in [0.05, 0.1) is 6.10 Å². The monoisotopic (exact) mass is 259 g/mol. The Labute approximate surface area is 114 Å². The van der Waals surface area contributed by atoms with Crippen LogP contribution in [0.2, 0.25) is 0 Å². The van der Waals surface area contributed by atoms with Crippen LogP contribution in [-0.2, 0) is 4.79 Å². The summed E-state index contributed by atoms with van der Waals surface area (Å²) in [6.07, 6.45) is 5.51. The largest absolute Gasteiger partial charge is 0.388 e. The van der Waals surface area contributed by atoms with E-state index in [1.807, 2.05) is 29.2 Å². The molecule has 102 valence electrons. The van der Waals surface area contributed by atoms with Gasteiger partial charge in [-0.15, -0.1) is 0 Å². The van der Waals surface area contributed by atoms with E-state index in [1.165, 1.54) is 19.3 Å². The molecular weight excluding hydrogens is 238 g/mol. The molecule has 0 bridgehead atoms. The maximum atomic E-state index is 12.5. The normalized spacial score (nSPS) is 23.4. The van der Waals surface area contributed by atoms with E-state index in [1.54, 1.807) is 0 Å². The van der Waals surface area contributed by atoms with Crippen LogP contribution < -0.4 is 4.90 Å². The summed E-state index contributed by atoms with van der Waals surface area (Å²) < 4.78 is 0. The maximum absolute atomic E-state index is 12.5. The fraction of sp³-hybridized carbons (Fsp3) is 0.562. The number of hydrogen-bond acceptors (Lipinski definition) is 2. The Hall–Kier alpha value is -1.35. The van der Waals surface area contributed by atoms with E-state index >= 15 is 0 Å². The Morgan fingerprint density at radius 2 is 2.00 bits per heavy atom. The zero-order valence-corrected chi connectivity index (χ0v) is 11.2. The van der Waals surface area contributed by atoms with Crippen LogP contribution in [-0.4, -0.2) is 17.6 Å². The summed E-state index contributed by atoms with van der Waals surface area (Å²) in [6, 6.07) is 7.78. The number of aliphatic hydroxyl groups is 1. The van der Waals surface area contributed by atoms with Crippen molar-refractivity contribution in [3.63, 3.8) is 0 Å². The first-order valence-electron chi connectivity index (χ1n) is 7.33. The molecular formula is C16H21NO2. The Morgan fingerprint density at radius 1 is 1.21 bits per heavy atom. The average Bonchev–Trinajstić information content (AvgIpc) is 2.54. The van der Waals surface area contributed by atoms with Crippen LogP contribution in [0, 0.1) is 5.92 Å². The molecule has 19 heavy (non-hydrogen) atoms. The molecule has 2 aliphatic rings. The Bertz CT molecular complexity index is 468. The number of rotatable bonds is 2. The molecule has 1 heterocycles. The van der Waals surface area contributed by atoms with Gasteiger partial charge in [-0.1, -0.05) is 24.6 Å². The third-order valence-corrected chi connectivity index (χ3v) is 4.43. The van der Waals surface area contributed by atoms with Crippen molar-refractivity contribution in [2.75, 3.05) is 11.4 Å². The zero-order chi connectivity index (χ0) is 13.2. The molecule has 1 unspecified atom stereocenters. The molecule has 1 aromatic rings. The van der Waals surface area contributed by atoms with Crippen LogP contribution in [0.1, 0.15) is 50.2 Å². The molecule has 1 aliphatic heterocycles. The molecule has 0 saturated heterocycles. The number of benzene rings is 1. The number of carbonyl (C=O) groups excluding carboxylic acids is 1. The summed E-state index contributed by atoms with van der Waals surface area (Å²) in [5.74, 6) is 0.819. The van der Waals surface area contributed by atoms with E-state index in [9.17, 15) is 9.90 Å². The van der Waals surface area contributed by atoms with Crippen LogP contribution in [0.4, 0.5) is 5.69 Å². The van der Waals surface area contributed by atoms with Gasteiger partial charge in [0.15, 0.2) is 0 Å². The van der Waals surface area contributed by atoms with E-state index in [2.05, 4.69) is 0 Å². The molecule has 1 N–H and O–H groups in total.